The van der Waals surface area contributed by atoms with Gasteiger partial charge in [-0.15, -0.1) is 0 Å². The lowest BCUT2D eigenvalue weighted by Crippen LogP contribution is -2.37. The molecule has 4 nitrogen and oxygen atoms in total. The summed E-state index contributed by atoms with van der Waals surface area (Å²) in [5.41, 5.74) is 1.15. The van der Waals surface area contributed by atoms with Crippen LogP contribution < -0.4 is 15.4 Å². The molecule has 1 aromatic rings. The van der Waals surface area contributed by atoms with Gasteiger partial charge in [-0.1, -0.05) is 18.2 Å². The van der Waals surface area contributed by atoms with Crippen molar-refractivity contribution in [3.05, 3.63) is 29.8 Å². The second-order valence-corrected chi connectivity index (χ2v) is 3.90. The number of aryl methyl sites for hydroxylation is 1. The summed E-state index contributed by atoms with van der Waals surface area (Å²) in [5.74, 6) is 1.77. The van der Waals surface area contributed by atoms with Gasteiger partial charge in [0.1, 0.15) is 12.4 Å². The maximum absolute atomic E-state index is 5.68. The van der Waals surface area contributed by atoms with E-state index in [0.29, 0.717) is 13.2 Å². The summed E-state index contributed by atoms with van der Waals surface area (Å²) < 4.78 is 5.68. The van der Waals surface area contributed by atoms with Crippen LogP contribution in [0, 0.1) is 6.92 Å². The molecule has 0 spiro atoms. The van der Waals surface area contributed by atoms with E-state index in [1.165, 1.54) is 0 Å². The van der Waals surface area contributed by atoms with E-state index < -0.39 is 0 Å². The van der Waals surface area contributed by atoms with E-state index in [9.17, 15) is 0 Å². The van der Waals surface area contributed by atoms with E-state index in [2.05, 4.69) is 29.5 Å². The van der Waals surface area contributed by atoms with Crippen molar-refractivity contribution >= 4 is 5.96 Å². The standard InChI is InChI=1S/C14H23N3O/c1-4-15-14(16-5-2)17-10-11-18-13-9-7-6-8-12(13)3/h6-9H,4-5,10-11H2,1-3H3,(H2,15,16,17). The highest BCUT2D eigenvalue weighted by atomic mass is 16.5. The predicted molar refractivity (Wildman–Crippen MR) is 76.3 cm³/mol. The summed E-state index contributed by atoms with van der Waals surface area (Å²) in [6.07, 6.45) is 0. The summed E-state index contributed by atoms with van der Waals surface area (Å²) in [4.78, 5) is 4.42. The van der Waals surface area contributed by atoms with Crippen LogP contribution in [0.1, 0.15) is 19.4 Å². The van der Waals surface area contributed by atoms with Crippen LogP contribution in [-0.4, -0.2) is 32.2 Å². The lowest BCUT2D eigenvalue weighted by Gasteiger charge is -2.10. The summed E-state index contributed by atoms with van der Waals surface area (Å²) >= 11 is 0. The molecule has 0 bridgehead atoms. The molecule has 0 heterocycles. The molecule has 0 aromatic heterocycles. The molecule has 0 saturated carbocycles. The van der Waals surface area contributed by atoms with Crippen LogP contribution in [0.25, 0.3) is 0 Å². The van der Waals surface area contributed by atoms with Crippen LogP contribution in [0.4, 0.5) is 0 Å². The van der Waals surface area contributed by atoms with Crippen molar-refractivity contribution in [1.82, 2.24) is 10.6 Å². The second-order valence-electron chi connectivity index (χ2n) is 3.90. The average molecular weight is 249 g/mol. The Hall–Kier alpha value is -1.71. The van der Waals surface area contributed by atoms with Gasteiger partial charge in [0, 0.05) is 13.1 Å². The molecule has 100 valence electrons. The molecule has 2 N–H and O–H groups in total. The van der Waals surface area contributed by atoms with Gasteiger partial charge >= 0.3 is 0 Å². The van der Waals surface area contributed by atoms with E-state index in [1.54, 1.807) is 0 Å². The number of benzene rings is 1. The van der Waals surface area contributed by atoms with Gasteiger partial charge in [0.05, 0.1) is 6.54 Å². The highest BCUT2D eigenvalue weighted by molar-refractivity contribution is 5.79. The average Bonchev–Trinajstić information content (AvgIpc) is 2.37. The molecule has 0 saturated heterocycles. The van der Waals surface area contributed by atoms with E-state index >= 15 is 0 Å². The minimum Gasteiger partial charge on any atom is -0.491 e. The Morgan fingerprint density at radius 2 is 1.83 bits per heavy atom. The molecule has 0 radical (unpaired) electrons. The van der Waals surface area contributed by atoms with Gasteiger partial charge in [-0.3, -0.25) is 0 Å². The van der Waals surface area contributed by atoms with Crippen molar-refractivity contribution in [3.63, 3.8) is 0 Å². The number of guanidine groups is 1. The van der Waals surface area contributed by atoms with Crippen molar-refractivity contribution in [2.75, 3.05) is 26.2 Å². The number of aliphatic imine (C=N–C) groups is 1. The van der Waals surface area contributed by atoms with Crippen LogP contribution in [-0.2, 0) is 0 Å². The molecule has 1 aromatic carbocycles. The monoisotopic (exact) mass is 249 g/mol. The minimum atomic E-state index is 0.588. The number of hydrogen-bond donors (Lipinski definition) is 2. The fraction of sp³-hybridized carbons (Fsp3) is 0.500. The topological polar surface area (TPSA) is 45.7 Å². The Morgan fingerprint density at radius 3 is 2.44 bits per heavy atom. The van der Waals surface area contributed by atoms with Crippen LogP contribution in [0.5, 0.6) is 5.75 Å². The fourth-order valence-electron chi connectivity index (χ4n) is 1.54. The molecular formula is C14H23N3O. The summed E-state index contributed by atoms with van der Waals surface area (Å²) in [6, 6.07) is 8.01. The maximum Gasteiger partial charge on any atom is 0.191 e. The summed E-state index contributed by atoms with van der Waals surface area (Å²) in [6.45, 7) is 9.11. The molecule has 18 heavy (non-hydrogen) atoms. The Kier molecular flexibility index (Phi) is 6.69. The molecule has 4 heteroatoms. The Balaban J connectivity index is 2.36. The summed E-state index contributed by atoms with van der Waals surface area (Å²) in [7, 11) is 0. The zero-order valence-corrected chi connectivity index (χ0v) is 11.5. The lowest BCUT2D eigenvalue weighted by molar-refractivity contribution is 0.326. The van der Waals surface area contributed by atoms with Crippen LogP contribution in [0.3, 0.4) is 0 Å². The van der Waals surface area contributed by atoms with Crippen molar-refractivity contribution in [2.24, 2.45) is 4.99 Å². The minimum absolute atomic E-state index is 0.588. The number of ether oxygens (including phenoxy) is 1. The SMILES string of the molecule is CCNC(=NCCOc1ccccc1C)NCC. The first-order valence-corrected chi connectivity index (χ1v) is 6.48. The third-order valence-corrected chi connectivity index (χ3v) is 2.40. The zero-order chi connectivity index (χ0) is 13.2. The molecular weight excluding hydrogens is 226 g/mol. The van der Waals surface area contributed by atoms with Crippen molar-refractivity contribution < 1.29 is 4.74 Å². The van der Waals surface area contributed by atoms with Gasteiger partial charge < -0.3 is 15.4 Å². The van der Waals surface area contributed by atoms with Crippen LogP contribution >= 0.6 is 0 Å². The Morgan fingerprint density at radius 1 is 1.17 bits per heavy atom. The number of hydrogen-bond acceptors (Lipinski definition) is 2. The van der Waals surface area contributed by atoms with Crippen LogP contribution in [0.15, 0.2) is 29.3 Å². The summed E-state index contributed by atoms with van der Waals surface area (Å²) in [5, 5.41) is 6.35. The van der Waals surface area contributed by atoms with Gasteiger partial charge in [0.2, 0.25) is 0 Å². The first kappa shape index (κ1) is 14.4. The predicted octanol–water partition coefficient (Wildman–Crippen LogP) is 1.95. The van der Waals surface area contributed by atoms with E-state index in [-0.39, 0.29) is 0 Å². The lowest BCUT2D eigenvalue weighted by atomic mass is 10.2. The molecule has 0 fully saturated rings. The third kappa shape index (κ3) is 5.08. The number of para-hydroxylation sites is 1. The normalized spacial score (nSPS) is 9.72. The van der Waals surface area contributed by atoms with Gasteiger partial charge in [-0.05, 0) is 32.4 Å². The molecule has 0 atom stereocenters. The molecule has 0 amide bonds. The number of nitrogens with zero attached hydrogens (tertiary/aromatic N) is 1. The molecule has 0 unspecified atom stereocenters. The third-order valence-electron chi connectivity index (χ3n) is 2.40. The Bertz CT molecular complexity index is 369. The van der Waals surface area contributed by atoms with Gasteiger partial charge in [-0.25, -0.2) is 4.99 Å². The molecule has 0 aliphatic carbocycles. The first-order chi connectivity index (χ1) is 8.77. The molecule has 0 aliphatic heterocycles. The van der Waals surface area contributed by atoms with Crippen LogP contribution in [0.2, 0.25) is 0 Å². The molecule has 0 aliphatic rings. The first-order valence-electron chi connectivity index (χ1n) is 6.48. The van der Waals surface area contributed by atoms with Crippen molar-refractivity contribution in [2.45, 2.75) is 20.8 Å². The quantitative estimate of drug-likeness (QED) is 0.460. The van der Waals surface area contributed by atoms with Crippen molar-refractivity contribution in [3.8, 4) is 5.75 Å². The highest BCUT2D eigenvalue weighted by Gasteiger charge is 1.97. The largest absolute Gasteiger partial charge is 0.491 e. The van der Waals surface area contributed by atoms with Gasteiger partial charge in [0.15, 0.2) is 5.96 Å². The Labute approximate surface area is 109 Å². The highest BCUT2D eigenvalue weighted by Crippen LogP contribution is 2.15. The number of rotatable bonds is 6. The van der Waals surface area contributed by atoms with Crippen molar-refractivity contribution in [1.29, 1.82) is 0 Å². The second kappa shape index (κ2) is 8.39. The maximum atomic E-state index is 5.68. The van der Waals surface area contributed by atoms with Gasteiger partial charge in [0.25, 0.3) is 0 Å². The zero-order valence-electron chi connectivity index (χ0n) is 11.5. The van der Waals surface area contributed by atoms with E-state index in [4.69, 9.17) is 4.74 Å². The molecule has 1 rings (SSSR count). The van der Waals surface area contributed by atoms with E-state index in [1.807, 2.05) is 31.2 Å². The number of nitrogens with one attached hydrogen (secondary N) is 2. The smallest absolute Gasteiger partial charge is 0.191 e. The fourth-order valence-corrected chi connectivity index (χ4v) is 1.54. The van der Waals surface area contributed by atoms with Gasteiger partial charge in [-0.2, -0.15) is 0 Å². The van der Waals surface area contributed by atoms with E-state index in [0.717, 1.165) is 30.4 Å².